The molecule has 0 aliphatic rings. The minimum atomic E-state index is -1.37. The number of carbonyl (C=O) groups is 4. The second-order valence-corrected chi connectivity index (χ2v) is 6.47. The van der Waals surface area contributed by atoms with Crippen LogP contribution in [-0.4, -0.2) is 40.6 Å². The van der Waals surface area contributed by atoms with E-state index >= 15 is 0 Å². The highest BCUT2D eigenvalue weighted by Crippen LogP contribution is 2.20. The first-order chi connectivity index (χ1) is 15.2. The molecule has 1 amide bonds. The summed E-state index contributed by atoms with van der Waals surface area (Å²) in [6.07, 6.45) is 3.09. The Morgan fingerprint density at radius 1 is 0.906 bits per heavy atom. The lowest BCUT2D eigenvalue weighted by Gasteiger charge is -2.17. The molecule has 0 spiro atoms. The molecule has 0 fully saturated rings. The molecular weight excluding hydrogens is 421 g/mol. The highest BCUT2D eigenvalue weighted by Gasteiger charge is 2.24. The molecule has 0 radical (unpaired) electrons. The first kappa shape index (κ1) is 24.0. The number of rotatable bonds is 10. The number of hydrogen-bond donors (Lipinski definition) is 3. The third-order valence-corrected chi connectivity index (χ3v) is 4.05. The minimum absolute atomic E-state index is 0.160. The van der Waals surface area contributed by atoms with Gasteiger partial charge in [-0.15, -0.1) is 0 Å². The molecule has 0 saturated carbocycles. The molecule has 2 rings (SSSR count). The lowest BCUT2D eigenvalue weighted by atomic mass is 10.1. The van der Waals surface area contributed by atoms with Gasteiger partial charge < -0.3 is 20.3 Å². The molecule has 2 aromatic carbocycles. The summed E-state index contributed by atoms with van der Waals surface area (Å²) in [5.41, 5.74) is 1.39. The molecule has 3 N–H and O–H groups in total. The second-order valence-electron chi connectivity index (χ2n) is 6.47. The van der Waals surface area contributed by atoms with Crippen LogP contribution in [0.25, 0.3) is 12.2 Å². The Labute approximate surface area is 182 Å². The molecule has 166 valence electrons. The molecule has 0 saturated heterocycles. The van der Waals surface area contributed by atoms with E-state index in [9.17, 15) is 23.6 Å². The highest BCUT2D eigenvalue weighted by atomic mass is 19.1. The van der Waals surface area contributed by atoms with Crippen LogP contribution in [0, 0.1) is 5.82 Å². The van der Waals surface area contributed by atoms with Crippen molar-refractivity contribution >= 4 is 36.0 Å². The fraction of sp³-hybridized carbons (Fsp3) is 0.130. The number of esters is 1. The van der Waals surface area contributed by atoms with E-state index in [0.717, 1.165) is 12.2 Å². The molecule has 0 aromatic heterocycles. The number of carbonyl (C=O) groups excluding carboxylic acids is 2. The fourth-order valence-corrected chi connectivity index (χ4v) is 2.50. The summed E-state index contributed by atoms with van der Waals surface area (Å²) in [5.74, 6) is -4.21. The van der Waals surface area contributed by atoms with Crippen molar-refractivity contribution in [2.45, 2.75) is 12.5 Å². The molecule has 8 nitrogen and oxygen atoms in total. The monoisotopic (exact) mass is 441 g/mol. The van der Waals surface area contributed by atoms with Crippen LogP contribution in [0.5, 0.6) is 0 Å². The van der Waals surface area contributed by atoms with Crippen LogP contribution >= 0.6 is 0 Å². The van der Waals surface area contributed by atoms with Crippen molar-refractivity contribution in [3.05, 3.63) is 83.2 Å². The largest absolute Gasteiger partial charge is 0.481 e. The maximum absolute atomic E-state index is 13.0. The standard InChI is InChI=1S/C23H20FNO7/c24-18-9-3-16(4-10-18)6-12-21(30)32-22(23(31)25-14-13-20(28)29)17-7-1-15(2-8-17)5-11-19(26)27/h1-12,22H,13-14H2,(H,25,31)(H,26,27)(H,28,29). The van der Waals surface area contributed by atoms with Crippen molar-refractivity contribution in [1.82, 2.24) is 5.32 Å². The summed E-state index contributed by atoms with van der Waals surface area (Å²) >= 11 is 0. The van der Waals surface area contributed by atoms with E-state index < -0.39 is 35.7 Å². The average Bonchev–Trinajstić information content (AvgIpc) is 2.75. The van der Waals surface area contributed by atoms with E-state index in [4.69, 9.17) is 14.9 Å². The minimum Gasteiger partial charge on any atom is -0.481 e. The predicted octanol–water partition coefficient (Wildman–Crippen LogP) is 2.81. The maximum Gasteiger partial charge on any atom is 0.331 e. The Morgan fingerprint density at radius 2 is 1.47 bits per heavy atom. The van der Waals surface area contributed by atoms with Crippen molar-refractivity contribution in [3.8, 4) is 0 Å². The van der Waals surface area contributed by atoms with E-state index in [1.165, 1.54) is 60.7 Å². The van der Waals surface area contributed by atoms with E-state index in [0.29, 0.717) is 16.7 Å². The Kier molecular flexibility index (Phi) is 8.85. The van der Waals surface area contributed by atoms with Gasteiger partial charge in [0.1, 0.15) is 5.82 Å². The first-order valence-corrected chi connectivity index (χ1v) is 9.39. The third-order valence-electron chi connectivity index (χ3n) is 4.05. The van der Waals surface area contributed by atoms with Crippen molar-refractivity contribution in [2.24, 2.45) is 0 Å². The molecule has 0 aliphatic carbocycles. The average molecular weight is 441 g/mol. The summed E-state index contributed by atoms with van der Waals surface area (Å²) in [7, 11) is 0. The van der Waals surface area contributed by atoms with Gasteiger partial charge in [0, 0.05) is 24.3 Å². The van der Waals surface area contributed by atoms with E-state index in [1.54, 1.807) is 0 Å². The molecule has 32 heavy (non-hydrogen) atoms. The van der Waals surface area contributed by atoms with E-state index in [2.05, 4.69) is 5.32 Å². The van der Waals surface area contributed by atoms with Crippen molar-refractivity contribution < 1.29 is 38.5 Å². The zero-order valence-electron chi connectivity index (χ0n) is 16.7. The first-order valence-electron chi connectivity index (χ1n) is 9.39. The van der Waals surface area contributed by atoms with Crippen LogP contribution in [0.2, 0.25) is 0 Å². The van der Waals surface area contributed by atoms with Gasteiger partial charge >= 0.3 is 17.9 Å². The van der Waals surface area contributed by atoms with Gasteiger partial charge in [-0.25, -0.2) is 14.0 Å². The lowest BCUT2D eigenvalue weighted by molar-refractivity contribution is -0.152. The smallest absolute Gasteiger partial charge is 0.331 e. The number of hydrogen-bond acceptors (Lipinski definition) is 5. The Bertz CT molecular complexity index is 1030. The van der Waals surface area contributed by atoms with Crippen LogP contribution in [0.3, 0.4) is 0 Å². The SMILES string of the molecule is O=C(O)C=Cc1ccc(C(OC(=O)C=Cc2ccc(F)cc2)C(=O)NCCC(=O)O)cc1. The van der Waals surface area contributed by atoms with Crippen LogP contribution in [0.15, 0.2) is 60.7 Å². The Hall–Kier alpha value is -4.27. The number of amides is 1. The van der Waals surface area contributed by atoms with E-state index in [1.807, 2.05) is 0 Å². The molecule has 0 bridgehead atoms. The predicted molar refractivity (Wildman–Crippen MR) is 113 cm³/mol. The third kappa shape index (κ3) is 8.23. The normalized spacial score (nSPS) is 11.9. The summed E-state index contributed by atoms with van der Waals surface area (Å²) in [5, 5.41) is 19.8. The zero-order chi connectivity index (χ0) is 23.5. The number of ether oxygens (including phenoxy) is 1. The van der Waals surface area contributed by atoms with Gasteiger partial charge in [-0.3, -0.25) is 9.59 Å². The molecule has 9 heteroatoms. The molecule has 1 unspecified atom stereocenters. The Morgan fingerprint density at radius 3 is 2.03 bits per heavy atom. The second kappa shape index (κ2) is 11.8. The number of halogens is 1. The fourth-order valence-electron chi connectivity index (χ4n) is 2.50. The van der Waals surface area contributed by atoms with Crippen molar-refractivity contribution in [2.75, 3.05) is 6.54 Å². The number of aliphatic carboxylic acids is 2. The topological polar surface area (TPSA) is 130 Å². The van der Waals surface area contributed by atoms with Crippen molar-refractivity contribution in [1.29, 1.82) is 0 Å². The highest BCUT2D eigenvalue weighted by molar-refractivity contribution is 5.91. The quantitative estimate of drug-likeness (QED) is 0.382. The van der Waals surface area contributed by atoms with Crippen LogP contribution in [-0.2, 0) is 23.9 Å². The Balaban J connectivity index is 2.16. The van der Waals surface area contributed by atoms with Gasteiger partial charge in [0.05, 0.1) is 6.42 Å². The summed E-state index contributed by atoms with van der Waals surface area (Å²) < 4.78 is 18.2. The summed E-state index contributed by atoms with van der Waals surface area (Å²) in [6, 6.07) is 11.4. The molecule has 2 aromatic rings. The lowest BCUT2D eigenvalue weighted by Crippen LogP contribution is -2.33. The number of carboxylic acid groups (broad SMARTS) is 2. The van der Waals surface area contributed by atoms with E-state index in [-0.39, 0.29) is 13.0 Å². The van der Waals surface area contributed by atoms with Gasteiger partial charge in [-0.1, -0.05) is 36.4 Å². The summed E-state index contributed by atoms with van der Waals surface area (Å²) in [4.78, 5) is 46.1. The molecule has 0 aliphatic heterocycles. The van der Waals surface area contributed by atoms with Crippen LogP contribution < -0.4 is 5.32 Å². The van der Waals surface area contributed by atoms with Gasteiger partial charge in [0.15, 0.2) is 0 Å². The van der Waals surface area contributed by atoms with Crippen molar-refractivity contribution in [3.63, 3.8) is 0 Å². The van der Waals surface area contributed by atoms with Gasteiger partial charge in [0.2, 0.25) is 6.10 Å². The number of nitrogens with one attached hydrogen (secondary N) is 1. The zero-order valence-corrected chi connectivity index (χ0v) is 16.7. The van der Waals surface area contributed by atoms with Gasteiger partial charge in [-0.2, -0.15) is 0 Å². The summed E-state index contributed by atoms with van der Waals surface area (Å²) in [6.45, 7) is -0.160. The van der Waals surface area contributed by atoms with Gasteiger partial charge in [0.25, 0.3) is 5.91 Å². The van der Waals surface area contributed by atoms with Crippen LogP contribution in [0.1, 0.15) is 29.2 Å². The number of benzene rings is 2. The number of carboxylic acids is 2. The molecule has 1 atom stereocenters. The maximum atomic E-state index is 13.0. The molecular formula is C23H20FNO7. The van der Waals surface area contributed by atoms with Gasteiger partial charge in [-0.05, 0) is 35.4 Å². The molecule has 0 heterocycles. The van der Waals surface area contributed by atoms with Crippen LogP contribution in [0.4, 0.5) is 4.39 Å².